The first-order chi connectivity index (χ1) is 15.4. The van der Waals surface area contributed by atoms with Crippen molar-refractivity contribution in [3.05, 3.63) is 77.5 Å². The van der Waals surface area contributed by atoms with Gasteiger partial charge < -0.3 is 9.73 Å². The van der Waals surface area contributed by atoms with Crippen LogP contribution in [0.2, 0.25) is 5.02 Å². The molecule has 11 heteroatoms. The maximum Gasteiger partial charge on any atom is 0.325 e. The lowest BCUT2D eigenvalue weighted by molar-refractivity contribution is -0.131. The number of hydrogen-bond acceptors (Lipinski definition) is 7. The SMILES string of the molecule is C[C@]1(c2cccc(-n3cnnn3)c2)NC(=O)N(Cc2ncc(-c3ccc(Cl)cc3)o2)C1=O. The molecule has 0 unspecified atom stereocenters. The van der Waals surface area contributed by atoms with Crippen LogP contribution in [-0.2, 0) is 16.9 Å². The summed E-state index contributed by atoms with van der Waals surface area (Å²) < 4.78 is 7.23. The summed E-state index contributed by atoms with van der Waals surface area (Å²) in [4.78, 5) is 31.2. The smallest absolute Gasteiger partial charge is 0.325 e. The fraction of sp³-hybridized carbons (Fsp3) is 0.143. The van der Waals surface area contributed by atoms with E-state index in [0.29, 0.717) is 22.0 Å². The van der Waals surface area contributed by atoms with Crippen molar-refractivity contribution < 1.29 is 14.0 Å². The van der Waals surface area contributed by atoms with Crippen molar-refractivity contribution in [2.24, 2.45) is 0 Å². The summed E-state index contributed by atoms with van der Waals surface area (Å²) in [6, 6.07) is 13.6. The molecule has 10 nitrogen and oxygen atoms in total. The van der Waals surface area contributed by atoms with Crippen LogP contribution in [0.1, 0.15) is 18.4 Å². The van der Waals surface area contributed by atoms with Crippen molar-refractivity contribution in [3.63, 3.8) is 0 Å². The first kappa shape index (κ1) is 19.9. The number of amides is 3. The van der Waals surface area contributed by atoms with Crippen LogP contribution in [0.15, 0.2) is 65.5 Å². The molecule has 3 amide bonds. The molecule has 2 aromatic heterocycles. The van der Waals surface area contributed by atoms with E-state index < -0.39 is 17.5 Å². The molecular weight excluding hydrogens is 434 g/mol. The molecule has 0 radical (unpaired) electrons. The van der Waals surface area contributed by atoms with E-state index in [1.165, 1.54) is 11.0 Å². The molecule has 1 aliphatic rings. The molecule has 2 aromatic carbocycles. The van der Waals surface area contributed by atoms with E-state index >= 15 is 0 Å². The number of oxazole rings is 1. The van der Waals surface area contributed by atoms with Gasteiger partial charge in [-0.1, -0.05) is 23.7 Å². The number of carbonyl (C=O) groups is 2. The second kappa shape index (κ2) is 7.57. The summed E-state index contributed by atoms with van der Waals surface area (Å²) in [5.74, 6) is 0.341. The minimum absolute atomic E-state index is 0.0967. The number of hydrogen-bond donors (Lipinski definition) is 1. The van der Waals surface area contributed by atoms with Gasteiger partial charge in [0.2, 0.25) is 5.89 Å². The third-order valence-corrected chi connectivity index (χ3v) is 5.54. The summed E-state index contributed by atoms with van der Waals surface area (Å²) in [5, 5.41) is 14.5. The number of nitrogens with zero attached hydrogens (tertiary/aromatic N) is 6. The van der Waals surface area contributed by atoms with Crippen molar-refractivity contribution in [2.75, 3.05) is 0 Å². The first-order valence-electron chi connectivity index (χ1n) is 9.63. The molecule has 0 bridgehead atoms. The molecule has 0 saturated carbocycles. The van der Waals surface area contributed by atoms with Gasteiger partial charge in [-0.15, -0.1) is 5.10 Å². The fourth-order valence-corrected chi connectivity index (χ4v) is 3.67. The number of nitrogens with one attached hydrogen (secondary N) is 1. The molecule has 0 aliphatic carbocycles. The van der Waals surface area contributed by atoms with Gasteiger partial charge in [-0.3, -0.25) is 9.69 Å². The molecule has 32 heavy (non-hydrogen) atoms. The summed E-state index contributed by atoms with van der Waals surface area (Å²) in [5.41, 5.74) is 0.789. The summed E-state index contributed by atoms with van der Waals surface area (Å²) >= 11 is 5.92. The van der Waals surface area contributed by atoms with Gasteiger partial charge in [-0.05, 0) is 59.3 Å². The van der Waals surface area contributed by atoms with Crippen molar-refractivity contribution in [1.29, 1.82) is 0 Å². The predicted molar refractivity (Wildman–Crippen MR) is 113 cm³/mol. The zero-order valence-corrected chi connectivity index (χ0v) is 17.5. The average molecular weight is 450 g/mol. The number of aromatic nitrogens is 5. The first-order valence-corrected chi connectivity index (χ1v) is 10.0. The Morgan fingerprint density at radius 1 is 1.16 bits per heavy atom. The minimum Gasteiger partial charge on any atom is -0.439 e. The number of benzene rings is 2. The van der Waals surface area contributed by atoms with Crippen molar-refractivity contribution in [1.82, 2.24) is 35.4 Å². The van der Waals surface area contributed by atoms with E-state index in [0.717, 1.165) is 10.5 Å². The van der Waals surface area contributed by atoms with Gasteiger partial charge in [0.1, 0.15) is 18.4 Å². The van der Waals surface area contributed by atoms with Gasteiger partial charge in [0.25, 0.3) is 5.91 Å². The lowest BCUT2D eigenvalue weighted by Crippen LogP contribution is -2.40. The van der Waals surface area contributed by atoms with Crippen LogP contribution in [0, 0.1) is 0 Å². The van der Waals surface area contributed by atoms with Crippen LogP contribution in [0.4, 0.5) is 4.79 Å². The summed E-state index contributed by atoms with van der Waals surface area (Å²) in [6.45, 7) is 1.56. The lowest BCUT2D eigenvalue weighted by atomic mass is 9.91. The largest absolute Gasteiger partial charge is 0.439 e. The molecule has 1 fully saturated rings. The van der Waals surface area contributed by atoms with Crippen LogP contribution < -0.4 is 5.32 Å². The Balaban J connectivity index is 1.39. The molecule has 1 atom stereocenters. The van der Waals surface area contributed by atoms with Crippen molar-refractivity contribution in [3.8, 4) is 17.0 Å². The fourth-order valence-electron chi connectivity index (χ4n) is 3.54. The number of rotatable bonds is 5. The van der Waals surface area contributed by atoms with Gasteiger partial charge >= 0.3 is 6.03 Å². The molecular formula is C21H16ClN7O3. The second-order valence-corrected chi connectivity index (χ2v) is 7.81. The molecule has 3 heterocycles. The van der Waals surface area contributed by atoms with Gasteiger partial charge in [-0.25, -0.2) is 14.5 Å². The highest BCUT2D eigenvalue weighted by atomic mass is 35.5. The maximum absolute atomic E-state index is 13.3. The van der Waals surface area contributed by atoms with Crippen LogP contribution in [-0.4, -0.2) is 42.0 Å². The van der Waals surface area contributed by atoms with Crippen LogP contribution >= 0.6 is 11.6 Å². The third kappa shape index (κ3) is 3.40. The standard InChI is InChI=1S/C21H16ClN7O3/c1-21(14-3-2-4-16(9-14)29-12-24-26-27-29)19(30)28(20(31)25-21)11-18-23-10-17(32-18)13-5-7-15(22)8-6-13/h2-10,12H,11H2,1H3,(H,25,31)/t21-/m1/s1. The maximum atomic E-state index is 13.3. The lowest BCUT2D eigenvalue weighted by Gasteiger charge is -2.22. The predicted octanol–water partition coefficient (Wildman–Crippen LogP) is 2.94. The van der Waals surface area contributed by atoms with E-state index in [1.54, 1.807) is 61.7 Å². The monoisotopic (exact) mass is 449 g/mol. The van der Waals surface area contributed by atoms with Crippen molar-refractivity contribution >= 4 is 23.5 Å². The summed E-state index contributed by atoms with van der Waals surface area (Å²) in [7, 11) is 0. The Morgan fingerprint density at radius 3 is 2.72 bits per heavy atom. The molecule has 1 N–H and O–H groups in total. The van der Waals surface area contributed by atoms with Gasteiger partial charge in [0, 0.05) is 10.6 Å². The molecule has 160 valence electrons. The number of tetrazole rings is 1. The highest BCUT2D eigenvalue weighted by molar-refractivity contribution is 6.30. The van der Waals surface area contributed by atoms with E-state index in [1.807, 2.05) is 0 Å². The Labute approximate surface area is 186 Å². The van der Waals surface area contributed by atoms with E-state index in [9.17, 15) is 9.59 Å². The van der Waals surface area contributed by atoms with E-state index in [-0.39, 0.29) is 12.4 Å². The van der Waals surface area contributed by atoms with Crippen molar-refractivity contribution in [2.45, 2.75) is 19.0 Å². The van der Waals surface area contributed by atoms with Gasteiger partial charge in [-0.2, -0.15) is 0 Å². The molecule has 1 aliphatic heterocycles. The highest BCUT2D eigenvalue weighted by Gasteiger charge is 2.49. The Kier molecular flexibility index (Phi) is 4.71. The number of halogens is 1. The Hall–Kier alpha value is -4.05. The van der Waals surface area contributed by atoms with Gasteiger partial charge in [0.15, 0.2) is 5.76 Å². The summed E-state index contributed by atoms with van der Waals surface area (Å²) in [6.07, 6.45) is 3.00. The second-order valence-electron chi connectivity index (χ2n) is 7.38. The van der Waals surface area contributed by atoms with Gasteiger partial charge in [0.05, 0.1) is 11.9 Å². The zero-order chi connectivity index (χ0) is 22.3. The van der Waals surface area contributed by atoms with E-state index in [2.05, 4.69) is 25.8 Å². The topological polar surface area (TPSA) is 119 Å². The Bertz CT molecular complexity index is 1300. The van der Waals surface area contributed by atoms with Crippen LogP contribution in [0.5, 0.6) is 0 Å². The quantitative estimate of drug-likeness (QED) is 0.465. The number of carbonyl (C=O) groups excluding carboxylic acids is 2. The minimum atomic E-state index is -1.26. The number of urea groups is 1. The molecule has 5 rings (SSSR count). The highest BCUT2D eigenvalue weighted by Crippen LogP contribution is 2.31. The van der Waals surface area contributed by atoms with Crippen LogP contribution in [0.3, 0.4) is 0 Å². The Morgan fingerprint density at radius 2 is 1.97 bits per heavy atom. The normalized spacial score (nSPS) is 18.2. The third-order valence-electron chi connectivity index (χ3n) is 5.29. The zero-order valence-electron chi connectivity index (χ0n) is 16.8. The average Bonchev–Trinajstić information content (AvgIpc) is 3.53. The van der Waals surface area contributed by atoms with Crippen LogP contribution in [0.25, 0.3) is 17.0 Å². The molecule has 4 aromatic rings. The van der Waals surface area contributed by atoms with E-state index in [4.69, 9.17) is 16.0 Å². The molecule has 1 saturated heterocycles. The number of imide groups is 1. The molecule has 0 spiro atoms.